The van der Waals surface area contributed by atoms with E-state index < -0.39 is 0 Å². The first kappa shape index (κ1) is 18.8. The molecule has 0 unspecified atom stereocenters. The Morgan fingerprint density at radius 3 is 2.64 bits per heavy atom. The maximum atomic E-state index is 4.55. The monoisotopic (exact) mass is 457 g/mol. The molecule has 0 bridgehead atoms. The lowest BCUT2D eigenvalue weighted by molar-refractivity contribution is 0.591. The van der Waals surface area contributed by atoms with Crippen LogP contribution in [-0.2, 0) is 19.5 Å². The molecule has 28 heavy (non-hydrogen) atoms. The van der Waals surface area contributed by atoms with Gasteiger partial charge in [-0.3, -0.25) is 9.36 Å². The maximum Gasteiger partial charge on any atom is 0.211 e. The number of hydrogen-bond acceptors (Lipinski definition) is 6. The fourth-order valence-electron chi connectivity index (χ4n) is 2.90. The molecule has 0 spiro atoms. The second-order valence-electron chi connectivity index (χ2n) is 6.47. The summed E-state index contributed by atoms with van der Waals surface area (Å²) < 4.78 is 4.97. The number of benzene rings is 1. The summed E-state index contributed by atoms with van der Waals surface area (Å²) >= 11 is 5.10. The third kappa shape index (κ3) is 4.31. The van der Waals surface area contributed by atoms with Crippen molar-refractivity contribution in [3.63, 3.8) is 0 Å². The van der Waals surface area contributed by atoms with Crippen molar-refractivity contribution in [2.24, 2.45) is 0 Å². The van der Waals surface area contributed by atoms with Crippen LogP contribution in [0.1, 0.15) is 22.0 Å². The van der Waals surface area contributed by atoms with Gasteiger partial charge in [-0.1, -0.05) is 41.7 Å². The van der Waals surface area contributed by atoms with E-state index in [1.54, 1.807) is 11.3 Å². The van der Waals surface area contributed by atoms with E-state index in [-0.39, 0.29) is 0 Å². The summed E-state index contributed by atoms with van der Waals surface area (Å²) in [5, 5.41) is 22.5. The molecular formula is C19H20BrN7S. The SMILES string of the molecule is Cc1nn(CCc2nnc(Nc3ccn(Cc4ccccc4)n3)s2)c(C)c1Br. The molecule has 0 atom stereocenters. The Hall–Kier alpha value is -2.52. The van der Waals surface area contributed by atoms with Gasteiger partial charge in [0.25, 0.3) is 0 Å². The molecule has 1 aromatic carbocycles. The van der Waals surface area contributed by atoms with E-state index >= 15 is 0 Å². The van der Waals surface area contributed by atoms with E-state index in [4.69, 9.17) is 0 Å². The topological polar surface area (TPSA) is 73.5 Å². The normalized spacial score (nSPS) is 11.1. The van der Waals surface area contributed by atoms with E-state index in [2.05, 4.69) is 60.7 Å². The van der Waals surface area contributed by atoms with E-state index in [0.29, 0.717) is 0 Å². The Labute approximate surface area is 175 Å². The standard InChI is InChI=1S/C19H20BrN7S/c1-13-18(20)14(2)27(24-13)11-9-17-22-23-19(28-17)21-16-8-10-26(25-16)12-15-6-4-3-5-7-15/h3-8,10H,9,11-12H2,1-2H3,(H,21,23,25). The van der Waals surface area contributed by atoms with Crippen LogP contribution >= 0.6 is 27.3 Å². The molecule has 4 rings (SSSR count). The number of aromatic nitrogens is 6. The molecule has 0 aliphatic rings. The van der Waals surface area contributed by atoms with Crippen LogP contribution in [0.5, 0.6) is 0 Å². The Morgan fingerprint density at radius 1 is 1.07 bits per heavy atom. The quantitative estimate of drug-likeness (QED) is 0.446. The van der Waals surface area contributed by atoms with Crippen molar-refractivity contribution in [2.45, 2.75) is 33.4 Å². The van der Waals surface area contributed by atoms with Crippen molar-refractivity contribution >= 4 is 38.2 Å². The van der Waals surface area contributed by atoms with Crippen LogP contribution in [0, 0.1) is 13.8 Å². The molecule has 0 amide bonds. The van der Waals surface area contributed by atoms with Crippen LogP contribution in [0.4, 0.5) is 10.9 Å². The molecule has 0 radical (unpaired) electrons. The average molecular weight is 458 g/mol. The summed E-state index contributed by atoms with van der Waals surface area (Å²) in [6.45, 7) is 5.57. The minimum atomic E-state index is 0.738. The molecule has 0 fully saturated rings. The zero-order chi connectivity index (χ0) is 19.5. The Kier molecular flexibility index (Phi) is 5.54. The van der Waals surface area contributed by atoms with Crippen molar-refractivity contribution < 1.29 is 0 Å². The lowest BCUT2D eigenvalue weighted by Crippen LogP contribution is -2.05. The molecule has 7 nitrogen and oxygen atoms in total. The van der Waals surface area contributed by atoms with Gasteiger partial charge in [0.15, 0.2) is 5.82 Å². The molecule has 0 aliphatic carbocycles. The highest BCUT2D eigenvalue weighted by Gasteiger charge is 2.11. The van der Waals surface area contributed by atoms with Crippen molar-refractivity contribution in [3.05, 3.63) is 69.0 Å². The summed E-state index contributed by atoms with van der Waals surface area (Å²) in [6.07, 6.45) is 2.74. The minimum absolute atomic E-state index is 0.738. The van der Waals surface area contributed by atoms with Crippen molar-refractivity contribution in [1.82, 2.24) is 29.8 Å². The summed E-state index contributed by atoms with van der Waals surface area (Å²) in [5.41, 5.74) is 3.35. The smallest absolute Gasteiger partial charge is 0.211 e. The molecule has 0 aliphatic heterocycles. The van der Waals surface area contributed by atoms with E-state index in [1.807, 2.05) is 46.7 Å². The van der Waals surface area contributed by atoms with Gasteiger partial charge in [0.2, 0.25) is 5.13 Å². The van der Waals surface area contributed by atoms with E-state index in [9.17, 15) is 0 Å². The molecule has 3 heterocycles. The molecule has 9 heteroatoms. The Morgan fingerprint density at radius 2 is 1.89 bits per heavy atom. The number of anilines is 2. The number of hydrogen-bond donors (Lipinski definition) is 1. The zero-order valence-electron chi connectivity index (χ0n) is 15.6. The second kappa shape index (κ2) is 8.24. The number of nitrogens with one attached hydrogen (secondary N) is 1. The zero-order valence-corrected chi connectivity index (χ0v) is 18.0. The predicted octanol–water partition coefficient (Wildman–Crippen LogP) is 4.35. The van der Waals surface area contributed by atoms with Gasteiger partial charge in [0, 0.05) is 30.9 Å². The van der Waals surface area contributed by atoms with Gasteiger partial charge >= 0.3 is 0 Å². The van der Waals surface area contributed by atoms with Crippen LogP contribution in [0.25, 0.3) is 0 Å². The van der Waals surface area contributed by atoms with Crippen LogP contribution in [-0.4, -0.2) is 29.8 Å². The molecule has 0 saturated heterocycles. The van der Waals surface area contributed by atoms with Gasteiger partial charge in [0.1, 0.15) is 5.01 Å². The fraction of sp³-hybridized carbons (Fsp3) is 0.263. The summed E-state index contributed by atoms with van der Waals surface area (Å²) in [7, 11) is 0. The first-order valence-electron chi connectivity index (χ1n) is 8.95. The lowest BCUT2D eigenvalue weighted by atomic mass is 10.2. The van der Waals surface area contributed by atoms with Gasteiger partial charge in [-0.15, -0.1) is 10.2 Å². The van der Waals surface area contributed by atoms with Crippen LogP contribution in [0.15, 0.2) is 47.1 Å². The molecular weight excluding hydrogens is 438 g/mol. The highest BCUT2D eigenvalue weighted by molar-refractivity contribution is 9.10. The van der Waals surface area contributed by atoms with E-state index in [0.717, 1.165) is 51.3 Å². The average Bonchev–Trinajstić information content (AvgIpc) is 3.39. The molecule has 1 N–H and O–H groups in total. The highest BCUT2D eigenvalue weighted by atomic mass is 79.9. The Balaban J connectivity index is 1.35. The van der Waals surface area contributed by atoms with Gasteiger partial charge in [-0.25, -0.2) is 0 Å². The summed E-state index contributed by atoms with van der Waals surface area (Å²) in [6, 6.07) is 12.2. The minimum Gasteiger partial charge on any atom is -0.313 e. The number of rotatable bonds is 7. The van der Waals surface area contributed by atoms with Crippen molar-refractivity contribution in [2.75, 3.05) is 5.32 Å². The molecule has 0 saturated carbocycles. The molecule has 3 aromatic heterocycles. The van der Waals surface area contributed by atoms with Crippen molar-refractivity contribution in [3.8, 4) is 0 Å². The first-order chi connectivity index (χ1) is 13.6. The van der Waals surface area contributed by atoms with Crippen LogP contribution < -0.4 is 5.32 Å². The predicted molar refractivity (Wildman–Crippen MR) is 114 cm³/mol. The maximum absolute atomic E-state index is 4.55. The summed E-state index contributed by atoms with van der Waals surface area (Å²) in [5.74, 6) is 0.765. The number of nitrogens with zero attached hydrogens (tertiary/aromatic N) is 6. The number of aryl methyl sites for hydroxylation is 3. The molecule has 4 aromatic rings. The second-order valence-corrected chi connectivity index (χ2v) is 8.32. The highest BCUT2D eigenvalue weighted by Crippen LogP contribution is 2.22. The van der Waals surface area contributed by atoms with Crippen molar-refractivity contribution in [1.29, 1.82) is 0 Å². The lowest BCUT2D eigenvalue weighted by Gasteiger charge is -2.02. The van der Waals surface area contributed by atoms with Gasteiger partial charge < -0.3 is 5.32 Å². The fourth-order valence-corrected chi connectivity index (χ4v) is 3.92. The van der Waals surface area contributed by atoms with Gasteiger partial charge in [-0.2, -0.15) is 10.2 Å². The van der Waals surface area contributed by atoms with Crippen LogP contribution in [0.2, 0.25) is 0 Å². The summed E-state index contributed by atoms with van der Waals surface area (Å²) in [4.78, 5) is 0. The molecule has 144 valence electrons. The number of halogens is 1. The first-order valence-corrected chi connectivity index (χ1v) is 10.6. The van der Waals surface area contributed by atoms with Gasteiger partial charge in [-0.05, 0) is 35.3 Å². The van der Waals surface area contributed by atoms with Crippen LogP contribution in [0.3, 0.4) is 0 Å². The Bertz CT molecular complexity index is 1070. The van der Waals surface area contributed by atoms with Gasteiger partial charge in [0.05, 0.1) is 16.7 Å². The van der Waals surface area contributed by atoms with E-state index in [1.165, 1.54) is 5.56 Å². The third-order valence-electron chi connectivity index (χ3n) is 4.36. The third-order valence-corrected chi connectivity index (χ3v) is 6.41. The largest absolute Gasteiger partial charge is 0.313 e.